The van der Waals surface area contributed by atoms with Crippen LogP contribution in [0.4, 0.5) is 0 Å². The van der Waals surface area contributed by atoms with E-state index in [4.69, 9.17) is 14.7 Å². The van der Waals surface area contributed by atoms with Crippen LogP contribution in [-0.4, -0.2) is 29.5 Å². The van der Waals surface area contributed by atoms with Gasteiger partial charge in [-0.2, -0.15) is 0 Å². The predicted molar refractivity (Wildman–Crippen MR) is 78.2 cm³/mol. The van der Waals surface area contributed by atoms with Crippen LogP contribution in [0.15, 0.2) is 47.6 Å². The van der Waals surface area contributed by atoms with Crippen LogP contribution in [0.25, 0.3) is 10.8 Å². The quantitative estimate of drug-likeness (QED) is 0.916. The van der Waals surface area contributed by atoms with Gasteiger partial charge in [0.1, 0.15) is 0 Å². The Kier molecular flexibility index (Phi) is 3.83. The highest BCUT2D eigenvalue weighted by molar-refractivity contribution is 6.35. The number of carbonyl (C=O) groups is 1. The number of oxime groups is 1. The molecule has 1 aliphatic heterocycles. The summed E-state index contributed by atoms with van der Waals surface area (Å²) < 4.78 is 5.59. The van der Waals surface area contributed by atoms with Crippen molar-refractivity contribution in [1.29, 1.82) is 0 Å². The number of hydrogen-bond donors (Lipinski definition) is 1. The van der Waals surface area contributed by atoms with Gasteiger partial charge in [0.15, 0.2) is 11.8 Å². The molecule has 0 bridgehead atoms. The molecule has 2 aromatic carbocycles. The lowest BCUT2D eigenvalue weighted by Crippen LogP contribution is -2.19. The van der Waals surface area contributed by atoms with E-state index >= 15 is 0 Å². The number of hydrogen-bond acceptors (Lipinski definition) is 4. The fraction of sp³-hybridized carbons (Fsp3) is 0.250. The predicted octanol–water partition coefficient (Wildman–Crippen LogP) is 2.59. The number of benzene rings is 2. The molecule has 0 saturated heterocycles. The molecule has 108 valence electrons. The third-order valence-corrected chi connectivity index (χ3v) is 3.37. The Bertz CT molecular complexity index is 695. The van der Waals surface area contributed by atoms with E-state index in [1.54, 1.807) is 0 Å². The average molecular weight is 285 g/mol. The molecule has 0 amide bonds. The molecule has 0 radical (unpaired) electrons. The number of fused-ring (bicyclic) bond motifs is 1. The van der Waals surface area contributed by atoms with Crippen LogP contribution in [0, 0.1) is 0 Å². The Morgan fingerprint density at radius 2 is 2.10 bits per heavy atom. The van der Waals surface area contributed by atoms with Gasteiger partial charge < -0.3 is 14.7 Å². The molecule has 5 nitrogen and oxygen atoms in total. The van der Waals surface area contributed by atoms with Crippen LogP contribution < -0.4 is 0 Å². The molecule has 0 aliphatic carbocycles. The van der Waals surface area contributed by atoms with Crippen molar-refractivity contribution in [2.45, 2.75) is 19.1 Å². The van der Waals surface area contributed by atoms with Gasteiger partial charge in [0.2, 0.25) is 0 Å². The topological polar surface area (TPSA) is 68.1 Å². The molecule has 0 saturated carbocycles. The SMILES string of the molecule is O=C(O)C1=NOC(COCc2ccc3ccccc3c2)C1. The summed E-state index contributed by atoms with van der Waals surface area (Å²) in [5.74, 6) is -1.04. The fourth-order valence-corrected chi connectivity index (χ4v) is 2.28. The normalized spacial score (nSPS) is 17.5. The van der Waals surface area contributed by atoms with E-state index < -0.39 is 5.97 Å². The summed E-state index contributed by atoms with van der Waals surface area (Å²) in [6, 6.07) is 14.3. The lowest BCUT2D eigenvalue weighted by molar-refractivity contribution is -0.129. The van der Waals surface area contributed by atoms with E-state index in [0.29, 0.717) is 13.2 Å². The highest BCUT2D eigenvalue weighted by Gasteiger charge is 2.25. The van der Waals surface area contributed by atoms with E-state index in [1.165, 1.54) is 10.8 Å². The summed E-state index contributed by atoms with van der Waals surface area (Å²) in [6.45, 7) is 0.792. The highest BCUT2D eigenvalue weighted by atomic mass is 16.7. The van der Waals surface area contributed by atoms with Crippen LogP contribution in [0.1, 0.15) is 12.0 Å². The van der Waals surface area contributed by atoms with Gasteiger partial charge in [-0.15, -0.1) is 0 Å². The maximum absolute atomic E-state index is 10.7. The van der Waals surface area contributed by atoms with E-state index in [0.717, 1.165) is 5.56 Å². The second-order valence-corrected chi connectivity index (χ2v) is 4.97. The zero-order valence-corrected chi connectivity index (χ0v) is 11.4. The minimum absolute atomic E-state index is 0.0503. The molecule has 21 heavy (non-hydrogen) atoms. The van der Waals surface area contributed by atoms with E-state index in [1.807, 2.05) is 18.2 Å². The van der Waals surface area contributed by atoms with Gasteiger partial charge in [0.25, 0.3) is 0 Å². The van der Waals surface area contributed by atoms with Crippen LogP contribution in [-0.2, 0) is 21.0 Å². The van der Waals surface area contributed by atoms with Crippen LogP contribution in [0.3, 0.4) is 0 Å². The monoisotopic (exact) mass is 285 g/mol. The zero-order valence-electron chi connectivity index (χ0n) is 11.4. The van der Waals surface area contributed by atoms with Gasteiger partial charge in [-0.1, -0.05) is 41.6 Å². The Balaban J connectivity index is 1.52. The van der Waals surface area contributed by atoms with Crippen molar-refractivity contribution in [2.75, 3.05) is 6.61 Å². The standard InChI is InChI=1S/C16H15NO4/c18-16(19)15-8-14(21-17-15)10-20-9-11-5-6-12-3-1-2-4-13(12)7-11/h1-7,14H,8-10H2,(H,18,19). The second-order valence-electron chi connectivity index (χ2n) is 4.97. The third kappa shape index (κ3) is 3.20. The van der Waals surface area contributed by atoms with Crippen molar-refractivity contribution < 1.29 is 19.5 Å². The summed E-state index contributed by atoms with van der Waals surface area (Å²) in [7, 11) is 0. The largest absolute Gasteiger partial charge is 0.477 e. The lowest BCUT2D eigenvalue weighted by Gasteiger charge is -2.09. The van der Waals surface area contributed by atoms with Crippen molar-refractivity contribution in [3.05, 3.63) is 48.0 Å². The third-order valence-electron chi connectivity index (χ3n) is 3.37. The first kappa shape index (κ1) is 13.6. The van der Waals surface area contributed by atoms with Gasteiger partial charge in [0, 0.05) is 6.42 Å². The number of ether oxygens (including phenoxy) is 1. The summed E-state index contributed by atoms with van der Waals surface area (Å²) in [5, 5.41) is 14.7. The number of rotatable bonds is 5. The first-order valence-electron chi connectivity index (χ1n) is 6.74. The van der Waals surface area contributed by atoms with Crippen molar-refractivity contribution in [2.24, 2.45) is 5.16 Å². The molecule has 3 rings (SSSR count). The summed E-state index contributed by atoms with van der Waals surface area (Å²) in [4.78, 5) is 15.7. The van der Waals surface area contributed by atoms with Gasteiger partial charge in [-0.05, 0) is 22.4 Å². The summed E-state index contributed by atoms with van der Waals surface area (Å²) in [5.41, 5.74) is 1.13. The first-order chi connectivity index (χ1) is 10.2. The molecule has 0 fully saturated rings. The molecule has 5 heteroatoms. The van der Waals surface area contributed by atoms with E-state index in [-0.39, 0.29) is 18.2 Å². The number of carboxylic acid groups (broad SMARTS) is 1. The second kappa shape index (κ2) is 5.93. The van der Waals surface area contributed by atoms with E-state index in [9.17, 15) is 4.79 Å². The number of carboxylic acids is 1. The van der Waals surface area contributed by atoms with Gasteiger partial charge in [-0.3, -0.25) is 0 Å². The van der Waals surface area contributed by atoms with Crippen molar-refractivity contribution in [1.82, 2.24) is 0 Å². The van der Waals surface area contributed by atoms with Crippen molar-refractivity contribution >= 4 is 22.5 Å². The van der Waals surface area contributed by atoms with Crippen molar-refractivity contribution in [3.8, 4) is 0 Å². The molecule has 0 spiro atoms. The maximum atomic E-state index is 10.7. The van der Waals surface area contributed by atoms with Crippen molar-refractivity contribution in [3.63, 3.8) is 0 Å². The number of aliphatic carboxylic acids is 1. The van der Waals surface area contributed by atoms with Gasteiger partial charge >= 0.3 is 5.97 Å². The highest BCUT2D eigenvalue weighted by Crippen LogP contribution is 2.17. The molecule has 1 N–H and O–H groups in total. The summed E-state index contributed by atoms with van der Waals surface area (Å²) in [6.07, 6.45) is -0.0240. The maximum Gasteiger partial charge on any atom is 0.353 e. The molecular weight excluding hydrogens is 270 g/mol. The number of nitrogens with zero attached hydrogens (tertiary/aromatic N) is 1. The minimum atomic E-state index is -1.04. The smallest absolute Gasteiger partial charge is 0.353 e. The summed E-state index contributed by atoms with van der Waals surface area (Å²) >= 11 is 0. The van der Waals surface area contributed by atoms with E-state index in [2.05, 4.69) is 29.4 Å². The molecule has 1 aliphatic rings. The Hall–Kier alpha value is -2.40. The van der Waals surface area contributed by atoms with Gasteiger partial charge in [-0.25, -0.2) is 4.79 Å². The van der Waals surface area contributed by atoms with Crippen LogP contribution in [0.5, 0.6) is 0 Å². The van der Waals surface area contributed by atoms with Crippen LogP contribution in [0.2, 0.25) is 0 Å². The minimum Gasteiger partial charge on any atom is -0.477 e. The molecule has 1 atom stereocenters. The Labute approximate surface area is 121 Å². The molecule has 1 heterocycles. The fourth-order valence-electron chi connectivity index (χ4n) is 2.28. The molecule has 2 aromatic rings. The lowest BCUT2D eigenvalue weighted by atomic mass is 10.1. The molecule has 1 unspecified atom stereocenters. The Morgan fingerprint density at radius 3 is 2.86 bits per heavy atom. The molecule has 0 aromatic heterocycles. The van der Waals surface area contributed by atoms with Crippen LogP contribution >= 0.6 is 0 Å². The zero-order chi connectivity index (χ0) is 14.7. The Morgan fingerprint density at radius 1 is 1.29 bits per heavy atom. The van der Waals surface area contributed by atoms with Gasteiger partial charge in [0.05, 0.1) is 13.2 Å². The first-order valence-corrected chi connectivity index (χ1v) is 6.74. The average Bonchev–Trinajstić information content (AvgIpc) is 2.96. The molecular formula is C16H15NO4.